The lowest BCUT2D eigenvalue weighted by molar-refractivity contribution is 0.277. The van der Waals surface area contributed by atoms with E-state index in [9.17, 15) is 9.59 Å². The van der Waals surface area contributed by atoms with Gasteiger partial charge in [0.2, 0.25) is 5.78 Å². The number of aryl methyl sites for hydroxylation is 2. The maximum atomic E-state index is 13.2. The fourth-order valence-corrected chi connectivity index (χ4v) is 4.04. The number of hydrogen-bond acceptors (Lipinski definition) is 4. The van der Waals surface area contributed by atoms with Gasteiger partial charge in [-0.05, 0) is 32.8 Å². The van der Waals surface area contributed by atoms with Gasteiger partial charge in [-0.3, -0.25) is 18.3 Å². The molecule has 4 rings (SSSR count). The summed E-state index contributed by atoms with van der Waals surface area (Å²) in [7, 11) is 1.62. The van der Waals surface area contributed by atoms with Crippen LogP contribution in [-0.2, 0) is 13.6 Å². The monoisotopic (exact) mass is 395 g/mol. The summed E-state index contributed by atoms with van der Waals surface area (Å²) in [5, 5.41) is 9.13. The number of fused-ring (bicyclic) bond motifs is 3. The van der Waals surface area contributed by atoms with Gasteiger partial charge in [-0.2, -0.15) is 4.98 Å². The number of aliphatic hydroxyl groups excluding tert-OH is 1. The average molecular weight is 395 g/mol. The second-order valence-corrected chi connectivity index (χ2v) is 7.42. The highest BCUT2D eigenvalue weighted by molar-refractivity contribution is 5.76. The van der Waals surface area contributed by atoms with Crippen molar-refractivity contribution >= 4 is 16.9 Å². The molecular formula is C21H25N5O3. The summed E-state index contributed by atoms with van der Waals surface area (Å²) in [5.74, 6) is 0.637. The fourth-order valence-electron chi connectivity index (χ4n) is 4.04. The molecule has 1 unspecified atom stereocenters. The third-order valence-electron chi connectivity index (χ3n) is 5.77. The molecule has 0 aliphatic heterocycles. The molecule has 29 heavy (non-hydrogen) atoms. The number of imidazole rings is 2. The predicted octanol–water partition coefficient (Wildman–Crippen LogP) is 1.76. The van der Waals surface area contributed by atoms with Crippen molar-refractivity contribution in [1.82, 2.24) is 23.1 Å². The zero-order chi connectivity index (χ0) is 20.9. The second kappa shape index (κ2) is 7.04. The number of aromatic nitrogens is 5. The second-order valence-electron chi connectivity index (χ2n) is 7.42. The van der Waals surface area contributed by atoms with Crippen LogP contribution in [0.25, 0.3) is 16.9 Å². The van der Waals surface area contributed by atoms with E-state index in [1.54, 1.807) is 7.05 Å². The topological polar surface area (TPSA) is 86.5 Å². The van der Waals surface area contributed by atoms with E-state index in [4.69, 9.17) is 10.1 Å². The Labute approximate surface area is 167 Å². The molecule has 3 aromatic heterocycles. The third-order valence-corrected chi connectivity index (χ3v) is 5.77. The predicted molar refractivity (Wildman–Crippen MR) is 112 cm³/mol. The first-order valence-electron chi connectivity index (χ1n) is 9.73. The molecule has 8 nitrogen and oxygen atoms in total. The van der Waals surface area contributed by atoms with Gasteiger partial charge in [0.25, 0.3) is 5.56 Å². The van der Waals surface area contributed by atoms with E-state index in [2.05, 4.69) is 23.6 Å². The number of hydrogen-bond donors (Lipinski definition) is 1. The molecule has 0 aliphatic rings. The molecule has 0 saturated heterocycles. The first kappa shape index (κ1) is 19.2. The van der Waals surface area contributed by atoms with Crippen LogP contribution in [0.4, 0.5) is 0 Å². The molecule has 1 N–H and O–H groups in total. The van der Waals surface area contributed by atoms with E-state index >= 15 is 0 Å². The van der Waals surface area contributed by atoms with E-state index in [0.29, 0.717) is 23.4 Å². The van der Waals surface area contributed by atoms with Crippen molar-refractivity contribution < 1.29 is 5.11 Å². The summed E-state index contributed by atoms with van der Waals surface area (Å²) in [6, 6.07) is 10.1. The van der Waals surface area contributed by atoms with Crippen LogP contribution in [0.15, 0.2) is 39.9 Å². The number of benzene rings is 1. The van der Waals surface area contributed by atoms with Gasteiger partial charge in [0.05, 0.1) is 6.04 Å². The minimum absolute atomic E-state index is 0.0119. The highest BCUT2D eigenvalue weighted by atomic mass is 16.3. The van der Waals surface area contributed by atoms with Gasteiger partial charge >= 0.3 is 5.69 Å². The third kappa shape index (κ3) is 2.74. The van der Waals surface area contributed by atoms with Gasteiger partial charge in [-0.25, -0.2) is 4.79 Å². The van der Waals surface area contributed by atoms with E-state index in [1.807, 2.05) is 36.4 Å². The Bertz CT molecular complexity index is 1320. The van der Waals surface area contributed by atoms with Crippen molar-refractivity contribution in [1.29, 1.82) is 0 Å². The zero-order valence-corrected chi connectivity index (χ0v) is 17.1. The maximum absolute atomic E-state index is 13.2. The normalized spacial score (nSPS) is 12.9. The van der Waals surface area contributed by atoms with Gasteiger partial charge in [-0.1, -0.05) is 30.3 Å². The summed E-state index contributed by atoms with van der Waals surface area (Å²) >= 11 is 0. The molecule has 0 bridgehead atoms. The molecule has 152 valence electrons. The van der Waals surface area contributed by atoms with Crippen LogP contribution in [0, 0.1) is 13.8 Å². The number of nitrogens with zero attached hydrogens (tertiary/aromatic N) is 5. The summed E-state index contributed by atoms with van der Waals surface area (Å²) < 4.78 is 6.54. The Morgan fingerprint density at radius 1 is 1.10 bits per heavy atom. The van der Waals surface area contributed by atoms with Crippen LogP contribution in [-0.4, -0.2) is 34.8 Å². The molecule has 8 heteroatoms. The highest BCUT2D eigenvalue weighted by Gasteiger charge is 2.24. The highest BCUT2D eigenvalue weighted by Crippen LogP contribution is 2.27. The lowest BCUT2D eigenvalue weighted by Gasteiger charge is -2.16. The molecule has 1 atom stereocenters. The first-order valence-corrected chi connectivity index (χ1v) is 9.73. The van der Waals surface area contributed by atoms with Crippen LogP contribution in [0.1, 0.15) is 36.3 Å². The van der Waals surface area contributed by atoms with Gasteiger partial charge < -0.3 is 9.67 Å². The van der Waals surface area contributed by atoms with E-state index in [0.717, 1.165) is 17.0 Å². The molecular weight excluding hydrogens is 370 g/mol. The maximum Gasteiger partial charge on any atom is 0.332 e. The molecule has 0 aliphatic carbocycles. The van der Waals surface area contributed by atoms with E-state index in [1.165, 1.54) is 9.13 Å². The Hall–Kier alpha value is -3.13. The van der Waals surface area contributed by atoms with Gasteiger partial charge in [-0.15, -0.1) is 0 Å². The number of aliphatic hydroxyl groups is 1. The molecule has 1 aromatic carbocycles. The fraction of sp³-hybridized carbons (Fsp3) is 0.381. The quantitative estimate of drug-likeness (QED) is 0.558. The van der Waals surface area contributed by atoms with Crippen molar-refractivity contribution in [2.45, 2.75) is 39.8 Å². The molecule has 0 amide bonds. The molecule has 0 spiro atoms. The van der Waals surface area contributed by atoms with Crippen molar-refractivity contribution in [2.24, 2.45) is 7.05 Å². The minimum atomic E-state index is -0.422. The van der Waals surface area contributed by atoms with Gasteiger partial charge in [0.15, 0.2) is 11.2 Å². The van der Waals surface area contributed by atoms with Crippen LogP contribution >= 0.6 is 0 Å². The van der Waals surface area contributed by atoms with E-state index < -0.39 is 5.69 Å². The van der Waals surface area contributed by atoms with Crippen molar-refractivity contribution in [2.75, 3.05) is 6.61 Å². The summed E-state index contributed by atoms with van der Waals surface area (Å²) in [5.41, 5.74) is 3.02. The standard InChI is InChI=1S/C21H25N5O3/c1-13-14(2)26-17-18(23(4)21(29)24(19(17)28)11-8-12-27)22-20(26)25(13)15(3)16-9-6-5-7-10-16/h5-7,9-10,15,27H,8,11-12H2,1-4H3. The SMILES string of the molecule is Cc1c(C)n2c3c(=O)n(CCCO)c(=O)n(C)c3nc2n1C(C)c1ccccc1. The van der Waals surface area contributed by atoms with Crippen LogP contribution < -0.4 is 11.2 Å². The van der Waals surface area contributed by atoms with Crippen LogP contribution in [0.5, 0.6) is 0 Å². The molecule has 3 heterocycles. The van der Waals surface area contributed by atoms with Crippen LogP contribution in [0.2, 0.25) is 0 Å². The summed E-state index contributed by atoms with van der Waals surface area (Å²) in [4.78, 5) is 30.6. The Balaban J connectivity index is 2.07. The number of rotatable bonds is 5. The van der Waals surface area contributed by atoms with Crippen molar-refractivity contribution in [3.8, 4) is 0 Å². The smallest absolute Gasteiger partial charge is 0.332 e. The first-order chi connectivity index (χ1) is 13.9. The summed E-state index contributed by atoms with van der Waals surface area (Å²) in [6.07, 6.45) is 0.340. The van der Waals surface area contributed by atoms with Gasteiger partial charge in [0.1, 0.15) is 0 Å². The largest absolute Gasteiger partial charge is 0.396 e. The van der Waals surface area contributed by atoms with Gasteiger partial charge in [0, 0.05) is 31.6 Å². The Kier molecular flexibility index (Phi) is 4.66. The Morgan fingerprint density at radius 3 is 2.45 bits per heavy atom. The van der Waals surface area contributed by atoms with Crippen molar-refractivity contribution in [3.63, 3.8) is 0 Å². The lowest BCUT2D eigenvalue weighted by Crippen LogP contribution is -2.39. The molecule has 0 fully saturated rings. The zero-order valence-electron chi connectivity index (χ0n) is 17.1. The molecule has 4 aromatic rings. The average Bonchev–Trinajstić information content (AvgIpc) is 3.22. The van der Waals surface area contributed by atoms with E-state index in [-0.39, 0.29) is 24.8 Å². The van der Waals surface area contributed by atoms with Crippen LogP contribution in [0.3, 0.4) is 0 Å². The Morgan fingerprint density at radius 2 is 1.79 bits per heavy atom. The van der Waals surface area contributed by atoms with Crippen molar-refractivity contribution in [3.05, 3.63) is 68.1 Å². The summed E-state index contributed by atoms with van der Waals surface area (Å²) in [6.45, 7) is 6.16. The lowest BCUT2D eigenvalue weighted by atomic mass is 10.1. The molecule has 0 saturated carbocycles. The minimum Gasteiger partial charge on any atom is -0.396 e. The molecule has 0 radical (unpaired) electrons.